The fourth-order valence-corrected chi connectivity index (χ4v) is 1.85. The Morgan fingerprint density at radius 2 is 1.52 bits per heavy atom. The zero-order chi connectivity index (χ0) is 16.9. The van der Waals surface area contributed by atoms with Crippen LogP contribution in [-0.4, -0.2) is 46.8 Å². The van der Waals surface area contributed by atoms with E-state index in [1.54, 1.807) is 27.9 Å². The maximum atomic E-state index is 11.4. The molecule has 0 rings (SSSR count). The normalized spacial score (nSPS) is 10.5. The monoisotopic (exact) mass is 325 g/mol. The quantitative estimate of drug-likeness (QED) is 0.477. The summed E-state index contributed by atoms with van der Waals surface area (Å²) in [4.78, 5) is 11.4. The van der Waals surface area contributed by atoms with Gasteiger partial charge in [0.25, 0.3) is 5.91 Å². The van der Waals surface area contributed by atoms with E-state index in [4.69, 9.17) is 0 Å². The number of nitrogens with zero attached hydrogens (tertiary/aromatic N) is 1. The van der Waals surface area contributed by atoms with Crippen LogP contribution in [0.1, 0.15) is 33.6 Å². The molecule has 0 saturated heterocycles. The number of carbonyl (C=O) groups is 1. The van der Waals surface area contributed by atoms with Crippen LogP contribution in [0.4, 0.5) is 0 Å². The second kappa shape index (κ2) is 12.7. The number of hydrogen-bond acceptors (Lipinski definition) is 7. The van der Waals surface area contributed by atoms with Crippen LogP contribution >= 0.6 is 0 Å². The van der Waals surface area contributed by atoms with Crippen molar-refractivity contribution in [3.8, 4) is 0 Å². The van der Waals surface area contributed by atoms with Crippen molar-refractivity contribution < 1.29 is 21.6 Å². The number of rotatable bonds is 9. The third kappa shape index (κ3) is 11.3. The molecule has 0 atom stereocenters. The van der Waals surface area contributed by atoms with E-state index in [-0.39, 0.29) is 19.1 Å². The van der Waals surface area contributed by atoms with Crippen molar-refractivity contribution in [1.82, 2.24) is 16.0 Å². The van der Waals surface area contributed by atoms with E-state index < -0.39 is 10.4 Å². The third-order valence-corrected chi connectivity index (χ3v) is 3.08. The van der Waals surface area contributed by atoms with E-state index in [9.17, 15) is 13.2 Å². The van der Waals surface area contributed by atoms with Gasteiger partial charge in [0.15, 0.2) is 0 Å². The Morgan fingerprint density at radius 1 is 1.10 bits per heavy atom. The van der Waals surface area contributed by atoms with Crippen LogP contribution in [0, 0.1) is 0 Å². The van der Waals surface area contributed by atoms with Crippen molar-refractivity contribution in [1.29, 1.82) is 0 Å². The van der Waals surface area contributed by atoms with Crippen molar-refractivity contribution in [3.63, 3.8) is 0 Å². The van der Waals surface area contributed by atoms with Gasteiger partial charge in [-0.2, -0.15) is 8.42 Å². The minimum absolute atomic E-state index is 0.109. The molecule has 0 fully saturated rings. The second-order valence-electron chi connectivity index (χ2n) is 3.66. The highest BCUT2D eigenvalue weighted by Crippen LogP contribution is 2.03. The number of amides is 1. The Kier molecular flexibility index (Phi) is 13.5. The maximum Gasteiger partial charge on any atom is 0.399 e. The van der Waals surface area contributed by atoms with Gasteiger partial charge >= 0.3 is 10.4 Å². The van der Waals surface area contributed by atoms with Crippen LogP contribution in [-0.2, 0) is 23.6 Å². The highest BCUT2D eigenvalue weighted by Gasteiger charge is 2.12. The molecule has 0 spiro atoms. The summed E-state index contributed by atoms with van der Waals surface area (Å²) in [7, 11) is -0.333. The first-order chi connectivity index (χ1) is 9.79. The predicted octanol–water partition coefficient (Wildman–Crippen LogP) is 0.744. The minimum Gasteiger partial charge on any atom is -0.267 e. The average Bonchev–Trinajstić information content (AvgIpc) is 2.40. The molecular weight excluding hydrogens is 298 g/mol. The minimum atomic E-state index is -3.68. The lowest BCUT2D eigenvalue weighted by molar-refractivity contribution is -0.133. The maximum absolute atomic E-state index is 11.4. The summed E-state index contributed by atoms with van der Waals surface area (Å²) in [6.07, 6.45) is 1.67. The number of carbonyl (C=O) groups excluding carboxylic acids is 1. The van der Waals surface area contributed by atoms with Gasteiger partial charge in [0.2, 0.25) is 0 Å². The number of nitrogens with one attached hydrogen (secondary N) is 2. The third-order valence-electron chi connectivity index (χ3n) is 2.03. The van der Waals surface area contributed by atoms with E-state index >= 15 is 0 Å². The summed E-state index contributed by atoms with van der Waals surface area (Å²) >= 11 is 0. The van der Waals surface area contributed by atoms with E-state index in [0.717, 1.165) is 12.8 Å². The van der Waals surface area contributed by atoms with E-state index in [1.165, 1.54) is 5.12 Å². The van der Waals surface area contributed by atoms with Gasteiger partial charge in [-0.15, -0.1) is 0 Å². The van der Waals surface area contributed by atoms with Gasteiger partial charge in [-0.3, -0.25) is 4.79 Å². The molecule has 0 aromatic rings. The van der Waals surface area contributed by atoms with Crippen molar-refractivity contribution in [2.24, 2.45) is 0 Å². The lowest BCUT2D eigenvalue weighted by Crippen LogP contribution is -2.48. The fraction of sp³-hybridized carbons (Fsp3) is 0.750. The molecule has 0 saturated carbocycles. The molecule has 21 heavy (non-hydrogen) atoms. The molecule has 0 aliphatic carbocycles. The SMILES string of the molecule is C=C(CCC)C(=O)N(NC)NC.CCOS(=O)(=O)OCC. The summed E-state index contributed by atoms with van der Waals surface area (Å²) in [5, 5.41) is 1.30. The Balaban J connectivity index is 0. The highest BCUT2D eigenvalue weighted by molar-refractivity contribution is 7.81. The van der Waals surface area contributed by atoms with Crippen LogP contribution in [0.3, 0.4) is 0 Å². The van der Waals surface area contributed by atoms with Crippen LogP contribution in [0.2, 0.25) is 0 Å². The van der Waals surface area contributed by atoms with Crippen molar-refractivity contribution in [2.45, 2.75) is 33.6 Å². The molecule has 2 N–H and O–H groups in total. The van der Waals surface area contributed by atoms with Gasteiger partial charge in [-0.05, 0) is 20.3 Å². The van der Waals surface area contributed by atoms with Gasteiger partial charge in [0, 0.05) is 19.7 Å². The summed E-state index contributed by atoms with van der Waals surface area (Å²) in [5.74, 6) is -0.109. The molecule has 0 aromatic carbocycles. The van der Waals surface area contributed by atoms with Crippen LogP contribution < -0.4 is 10.9 Å². The first-order valence-electron chi connectivity index (χ1n) is 6.70. The molecule has 1 amide bonds. The molecule has 8 nitrogen and oxygen atoms in total. The summed E-state index contributed by atoms with van der Waals surface area (Å²) in [6.45, 7) is 9.09. The molecule has 0 aliphatic rings. The van der Waals surface area contributed by atoms with E-state index in [2.05, 4.69) is 25.8 Å². The number of hydrogen-bond donors (Lipinski definition) is 2. The second-order valence-corrected chi connectivity index (χ2v) is 4.95. The first kappa shape index (κ1) is 22.3. The summed E-state index contributed by atoms with van der Waals surface area (Å²) in [5.41, 5.74) is 6.02. The van der Waals surface area contributed by atoms with E-state index in [0.29, 0.717) is 5.57 Å². The molecular formula is C12H27N3O5S. The van der Waals surface area contributed by atoms with Crippen LogP contribution in [0.5, 0.6) is 0 Å². The summed E-state index contributed by atoms with van der Waals surface area (Å²) < 4.78 is 29.2. The van der Waals surface area contributed by atoms with Crippen molar-refractivity contribution >= 4 is 16.3 Å². The largest absolute Gasteiger partial charge is 0.399 e. The fourth-order valence-electron chi connectivity index (χ4n) is 1.20. The smallest absolute Gasteiger partial charge is 0.267 e. The summed E-state index contributed by atoms with van der Waals surface area (Å²) in [6, 6.07) is 0. The predicted molar refractivity (Wildman–Crippen MR) is 81.2 cm³/mol. The molecule has 0 heterocycles. The van der Waals surface area contributed by atoms with E-state index in [1.807, 2.05) is 6.92 Å². The molecule has 0 radical (unpaired) electrons. The Labute approximate surface area is 127 Å². The number of hydrazine groups is 2. The van der Waals surface area contributed by atoms with Gasteiger partial charge in [-0.25, -0.2) is 24.3 Å². The topological polar surface area (TPSA) is 97.0 Å². The van der Waals surface area contributed by atoms with Crippen LogP contribution in [0.15, 0.2) is 12.2 Å². The van der Waals surface area contributed by atoms with Crippen molar-refractivity contribution in [3.05, 3.63) is 12.2 Å². The van der Waals surface area contributed by atoms with Gasteiger partial charge in [-0.1, -0.05) is 19.9 Å². The molecule has 0 bridgehead atoms. The molecule has 0 aromatic heterocycles. The Morgan fingerprint density at radius 3 is 1.81 bits per heavy atom. The standard InChI is InChI=1S/C8H17N3O.C4H10O4S/c1-5-6-7(2)8(12)11(9-3)10-4;1-3-7-9(5,6)8-4-2/h9-10H,2,5-6H2,1,3-4H3;3-4H2,1-2H3. The van der Waals surface area contributed by atoms with Gasteiger partial charge < -0.3 is 0 Å². The molecule has 0 aliphatic heterocycles. The lowest BCUT2D eigenvalue weighted by atomic mass is 10.2. The van der Waals surface area contributed by atoms with Gasteiger partial charge in [0.1, 0.15) is 0 Å². The average molecular weight is 325 g/mol. The lowest BCUT2D eigenvalue weighted by Gasteiger charge is -2.20. The Hall–Kier alpha value is -1.00. The molecule has 9 heteroatoms. The molecule has 126 valence electrons. The Bertz CT molecular complexity index is 382. The highest BCUT2D eigenvalue weighted by atomic mass is 32.3. The first-order valence-corrected chi connectivity index (χ1v) is 8.03. The van der Waals surface area contributed by atoms with Gasteiger partial charge in [0.05, 0.1) is 13.2 Å². The zero-order valence-corrected chi connectivity index (χ0v) is 14.2. The van der Waals surface area contributed by atoms with Crippen molar-refractivity contribution in [2.75, 3.05) is 27.3 Å². The molecule has 0 unspecified atom stereocenters. The zero-order valence-electron chi connectivity index (χ0n) is 13.4. The van der Waals surface area contributed by atoms with Crippen LogP contribution in [0.25, 0.3) is 0 Å².